The van der Waals surface area contributed by atoms with Crippen LogP contribution in [0.25, 0.3) is 61.2 Å². The summed E-state index contributed by atoms with van der Waals surface area (Å²) < 4.78 is 0. The summed E-state index contributed by atoms with van der Waals surface area (Å²) in [5.41, 5.74) is 19.0. The maximum atomic E-state index is 10.1. The van der Waals surface area contributed by atoms with E-state index < -0.39 is 0 Å². The molecule has 0 aromatic heterocycles. The molecule has 8 rings (SSSR count). The normalized spacial score (nSPS) is 10.7. The highest BCUT2D eigenvalue weighted by Crippen LogP contribution is 2.40. The van der Waals surface area contributed by atoms with Crippen LogP contribution in [0.3, 0.4) is 0 Å². The standard InChI is InChI=1S/C56H42N2/c1-37-6-18-45(19-7-37)52(46-20-8-38(2)9-21-46)32-41-14-26-43(27-15-41)50-30-31-51(55-35-56(58-5)49(36-57)34-54(50)55)44-28-16-42(17-29-44)33-53(47-22-10-39(3)11-23-47)48-24-12-40(4)13-25-48/h6-35H,1-4H3. The van der Waals surface area contributed by atoms with E-state index in [2.05, 4.69) is 208 Å². The molecule has 0 radical (unpaired) electrons. The van der Waals surface area contributed by atoms with E-state index in [1.165, 1.54) is 44.5 Å². The Bertz CT molecular complexity index is 2610. The van der Waals surface area contributed by atoms with Gasteiger partial charge in [-0.3, -0.25) is 0 Å². The molecule has 0 spiro atoms. The van der Waals surface area contributed by atoms with E-state index in [0.717, 1.165) is 55.3 Å². The molecule has 0 aliphatic heterocycles. The van der Waals surface area contributed by atoms with Crippen LogP contribution in [-0.4, -0.2) is 0 Å². The smallest absolute Gasteiger partial charge is 0.205 e. The predicted octanol–water partition coefficient (Wildman–Crippen LogP) is 15.0. The van der Waals surface area contributed by atoms with Crippen LogP contribution in [0.15, 0.2) is 170 Å². The molecule has 276 valence electrons. The lowest BCUT2D eigenvalue weighted by Gasteiger charge is -2.15. The quantitative estimate of drug-likeness (QED) is 0.113. The van der Waals surface area contributed by atoms with Crippen LogP contribution >= 0.6 is 0 Å². The summed E-state index contributed by atoms with van der Waals surface area (Å²) in [4.78, 5) is 3.76. The summed E-state index contributed by atoms with van der Waals surface area (Å²) in [6.07, 6.45) is 4.50. The highest BCUT2D eigenvalue weighted by atomic mass is 14.6. The lowest BCUT2D eigenvalue weighted by molar-refractivity contribution is 1.43. The topological polar surface area (TPSA) is 28.1 Å². The van der Waals surface area contributed by atoms with Crippen molar-refractivity contribution in [1.29, 1.82) is 5.26 Å². The van der Waals surface area contributed by atoms with Crippen LogP contribution in [0.4, 0.5) is 5.69 Å². The first-order valence-electron chi connectivity index (χ1n) is 19.6. The van der Waals surface area contributed by atoms with Gasteiger partial charge in [0.15, 0.2) is 0 Å². The summed E-state index contributed by atoms with van der Waals surface area (Å²) in [6, 6.07) is 62.3. The van der Waals surface area contributed by atoms with Crippen molar-refractivity contribution >= 4 is 39.8 Å². The van der Waals surface area contributed by atoms with Crippen molar-refractivity contribution in [1.82, 2.24) is 0 Å². The van der Waals surface area contributed by atoms with E-state index in [1.54, 1.807) is 0 Å². The van der Waals surface area contributed by atoms with Gasteiger partial charge < -0.3 is 0 Å². The van der Waals surface area contributed by atoms with Crippen LogP contribution in [0, 0.1) is 45.6 Å². The number of hydrogen-bond donors (Lipinski definition) is 0. The number of benzene rings is 8. The highest BCUT2D eigenvalue weighted by molar-refractivity contribution is 6.07. The number of nitriles is 1. The molecule has 8 aromatic rings. The molecule has 0 aliphatic rings. The minimum Gasteiger partial charge on any atom is -0.237 e. The molecule has 0 atom stereocenters. The third kappa shape index (κ3) is 7.92. The fraction of sp³-hybridized carbons (Fsp3) is 0.0714. The first-order chi connectivity index (χ1) is 28.3. The molecular formula is C56H42N2. The molecule has 0 amide bonds. The molecule has 2 heteroatoms. The number of fused-ring (bicyclic) bond motifs is 1. The van der Waals surface area contributed by atoms with Crippen LogP contribution < -0.4 is 0 Å². The third-order valence-electron chi connectivity index (χ3n) is 10.9. The second-order valence-corrected chi connectivity index (χ2v) is 15.1. The van der Waals surface area contributed by atoms with Crippen molar-refractivity contribution in [2.75, 3.05) is 0 Å². The molecule has 0 heterocycles. The Balaban J connectivity index is 1.18. The van der Waals surface area contributed by atoms with E-state index in [-0.39, 0.29) is 0 Å². The SMILES string of the molecule is [C-]#[N+]c1cc2c(-c3ccc(C=C(c4ccc(C)cc4)c4ccc(C)cc4)cc3)ccc(-c3ccc(C=C(c4ccc(C)cc4)c4ccc(C)cc4)cc3)c2cc1C#N. The largest absolute Gasteiger partial charge is 0.237 e. The zero-order valence-corrected chi connectivity index (χ0v) is 33.2. The molecule has 0 saturated heterocycles. The average molecular weight is 743 g/mol. The van der Waals surface area contributed by atoms with Gasteiger partial charge in [-0.2, -0.15) is 5.26 Å². The molecule has 0 N–H and O–H groups in total. The molecule has 2 nitrogen and oxygen atoms in total. The number of rotatable bonds is 8. The maximum absolute atomic E-state index is 10.1. The minimum atomic E-state index is 0.356. The number of nitrogens with zero attached hydrogens (tertiary/aromatic N) is 2. The Kier molecular flexibility index (Phi) is 10.5. The van der Waals surface area contributed by atoms with Gasteiger partial charge in [-0.05, 0) is 130 Å². The fourth-order valence-corrected chi connectivity index (χ4v) is 7.52. The Labute approximate surface area is 342 Å². The monoisotopic (exact) mass is 742 g/mol. The van der Waals surface area contributed by atoms with Crippen molar-refractivity contribution in [2.24, 2.45) is 0 Å². The first kappa shape index (κ1) is 37.4. The Hall–Kier alpha value is -7.52. The van der Waals surface area contributed by atoms with Crippen molar-refractivity contribution in [3.63, 3.8) is 0 Å². The molecule has 0 saturated carbocycles. The van der Waals surface area contributed by atoms with Gasteiger partial charge in [-0.15, -0.1) is 0 Å². The molecule has 0 aliphatic carbocycles. The van der Waals surface area contributed by atoms with Gasteiger partial charge in [0.1, 0.15) is 0 Å². The van der Waals surface area contributed by atoms with E-state index in [4.69, 9.17) is 6.57 Å². The fourth-order valence-electron chi connectivity index (χ4n) is 7.52. The molecule has 8 aromatic carbocycles. The van der Waals surface area contributed by atoms with Gasteiger partial charge in [-0.25, -0.2) is 4.85 Å². The highest BCUT2D eigenvalue weighted by Gasteiger charge is 2.15. The molecular weight excluding hydrogens is 701 g/mol. The van der Waals surface area contributed by atoms with Crippen molar-refractivity contribution in [3.8, 4) is 28.3 Å². The molecule has 0 unspecified atom stereocenters. The second-order valence-electron chi connectivity index (χ2n) is 15.1. The van der Waals surface area contributed by atoms with E-state index >= 15 is 0 Å². The molecule has 58 heavy (non-hydrogen) atoms. The lowest BCUT2D eigenvalue weighted by Crippen LogP contribution is -1.91. The van der Waals surface area contributed by atoms with Gasteiger partial charge in [0.05, 0.1) is 18.2 Å². The van der Waals surface area contributed by atoms with Crippen LogP contribution in [0.1, 0.15) is 61.2 Å². The van der Waals surface area contributed by atoms with Crippen LogP contribution in [0.2, 0.25) is 0 Å². The Morgan fingerprint density at radius 1 is 0.448 bits per heavy atom. The zero-order valence-electron chi connectivity index (χ0n) is 33.2. The second kappa shape index (κ2) is 16.3. The summed E-state index contributed by atoms with van der Waals surface area (Å²) in [7, 11) is 0. The summed E-state index contributed by atoms with van der Waals surface area (Å²) >= 11 is 0. The van der Waals surface area contributed by atoms with E-state index in [1.807, 2.05) is 12.1 Å². The van der Waals surface area contributed by atoms with Gasteiger partial charge in [0, 0.05) is 0 Å². The van der Waals surface area contributed by atoms with Crippen molar-refractivity contribution in [2.45, 2.75) is 27.7 Å². The number of hydrogen-bond acceptors (Lipinski definition) is 1. The Morgan fingerprint density at radius 3 is 1.09 bits per heavy atom. The van der Waals surface area contributed by atoms with Gasteiger partial charge in [0.25, 0.3) is 0 Å². The summed E-state index contributed by atoms with van der Waals surface area (Å²) in [6.45, 7) is 16.3. The predicted molar refractivity (Wildman–Crippen MR) is 244 cm³/mol. The molecule has 0 bridgehead atoms. The lowest BCUT2D eigenvalue weighted by atomic mass is 9.89. The first-order valence-corrected chi connectivity index (χ1v) is 19.6. The minimum absolute atomic E-state index is 0.356. The van der Waals surface area contributed by atoms with Crippen molar-refractivity contribution < 1.29 is 0 Å². The van der Waals surface area contributed by atoms with Crippen LogP contribution in [-0.2, 0) is 0 Å². The number of aryl methyl sites for hydroxylation is 4. The van der Waals surface area contributed by atoms with Crippen LogP contribution in [0.5, 0.6) is 0 Å². The zero-order chi connectivity index (χ0) is 40.2. The van der Waals surface area contributed by atoms with Gasteiger partial charge in [0.2, 0.25) is 5.69 Å². The third-order valence-corrected chi connectivity index (χ3v) is 10.9. The molecule has 0 fully saturated rings. The Morgan fingerprint density at radius 2 is 0.776 bits per heavy atom. The summed E-state index contributed by atoms with van der Waals surface area (Å²) in [5.74, 6) is 0. The van der Waals surface area contributed by atoms with E-state index in [0.29, 0.717) is 11.3 Å². The van der Waals surface area contributed by atoms with E-state index in [9.17, 15) is 5.26 Å². The average Bonchev–Trinajstić information content (AvgIpc) is 3.26. The maximum Gasteiger partial charge on any atom is 0.205 e. The van der Waals surface area contributed by atoms with Crippen molar-refractivity contribution in [3.05, 3.63) is 242 Å². The summed E-state index contributed by atoms with van der Waals surface area (Å²) in [5, 5.41) is 12.0. The van der Waals surface area contributed by atoms with Gasteiger partial charge in [-0.1, -0.05) is 180 Å². The van der Waals surface area contributed by atoms with Gasteiger partial charge >= 0.3 is 0 Å².